The molecule has 11 heavy (non-hydrogen) atoms. The summed E-state index contributed by atoms with van der Waals surface area (Å²) in [6.45, 7) is 9.77. The van der Waals surface area contributed by atoms with E-state index in [4.69, 9.17) is 0 Å². The SMILES string of the molecule is CC[N-]C(CC)(CC)CC.[Ti]. The Kier molecular flexibility index (Phi) is 9.47. The molecular weight excluding hydrogens is 170 g/mol. The minimum atomic E-state index is 0. The molecule has 0 aromatic carbocycles. The van der Waals surface area contributed by atoms with Gasteiger partial charge in [0.15, 0.2) is 0 Å². The molecule has 0 saturated heterocycles. The third-order valence-corrected chi connectivity index (χ3v) is 2.47. The maximum Gasteiger partial charge on any atom is 0 e. The van der Waals surface area contributed by atoms with Crippen molar-refractivity contribution in [2.24, 2.45) is 0 Å². The van der Waals surface area contributed by atoms with Crippen LogP contribution >= 0.6 is 0 Å². The van der Waals surface area contributed by atoms with Gasteiger partial charge in [-0.1, -0.05) is 47.0 Å². The first-order valence-corrected chi connectivity index (χ1v) is 4.43. The summed E-state index contributed by atoms with van der Waals surface area (Å²) in [6, 6.07) is 0. The quantitative estimate of drug-likeness (QED) is 0.590. The fourth-order valence-electron chi connectivity index (χ4n) is 1.42. The van der Waals surface area contributed by atoms with Gasteiger partial charge in [-0.15, -0.1) is 5.54 Å². The summed E-state index contributed by atoms with van der Waals surface area (Å²) in [5.41, 5.74) is 0.300. The van der Waals surface area contributed by atoms with Gasteiger partial charge in [0.25, 0.3) is 0 Å². The minimum Gasteiger partial charge on any atom is -0.657 e. The Hall–Kier alpha value is 0.674. The molecule has 0 aromatic heterocycles. The molecule has 0 aliphatic heterocycles. The summed E-state index contributed by atoms with van der Waals surface area (Å²) in [4.78, 5) is 0. The molecule has 0 radical (unpaired) electrons. The van der Waals surface area contributed by atoms with Crippen LogP contribution < -0.4 is 0 Å². The van der Waals surface area contributed by atoms with Crippen LogP contribution in [0.2, 0.25) is 0 Å². The topological polar surface area (TPSA) is 14.1 Å². The van der Waals surface area contributed by atoms with E-state index in [1.54, 1.807) is 0 Å². The first-order valence-electron chi connectivity index (χ1n) is 4.43. The molecule has 0 atom stereocenters. The Morgan fingerprint density at radius 2 is 1.27 bits per heavy atom. The molecule has 0 aromatic rings. The normalized spacial score (nSPS) is 10.9. The van der Waals surface area contributed by atoms with E-state index in [1.165, 1.54) is 19.3 Å². The molecule has 0 fully saturated rings. The number of nitrogens with zero attached hydrogens (tertiary/aromatic N) is 1. The van der Waals surface area contributed by atoms with Crippen molar-refractivity contribution < 1.29 is 21.7 Å². The Balaban J connectivity index is 0. The van der Waals surface area contributed by atoms with E-state index < -0.39 is 0 Å². The summed E-state index contributed by atoms with van der Waals surface area (Å²) >= 11 is 0. The van der Waals surface area contributed by atoms with E-state index in [1.807, 2.05) is 0 Å². The fraction of sp³-hybridized carbons (Fsp3) is 1.00. The van der Waals surface area contributed by atoms with Crippen LogP contribution in [0, 0.1) is 0 Å². The van der Waals surface area contributed by atoms with Gasteiger partial charge in [-0.3, -0.25) is 0 Å². The second kappa shape index (κ2) is 7.33. The van der Waals surface area contributed by atoms with Gasteiger partial charge in [0.2, 0.25) is 0 Å². The molecule has 0 aliphatic carbocycles. The van der Waals surface area contributed by atoms with E-state index in [-0.39, 0.29) is 21.7 Å². The zero-order valence-corrected chi connectivity index (χ0v) is 9.84. The Morgan fingerprint density at radius 1 is 0.909 bits per heavy atom. The Morgan fingerprint density at radius 3 is 1.36 bits per heavy atom. The van der Waals surface area contributed by atoms with Crippen molar-refractivity contribution in [2.45, 2.75) is 52.5 Å². The average Bonchev–Trinajstić information content (AvgIpc) is 2.01. The predicted octanol–water partition coefficient (Wildman–Crippen LogP) is 3.35. The van der Waals surface area contributed by atoms with E-state index in [2.05, 4.69) is 33.0 Å². The van der Waals surface area contributed by atoms with Crippen LogP contribution in [0.1, 0.15) is 47.0 Å². The second-order valence-electron chi connectivity index (χ2n) is 2.76. The first kappa shape index (κ1) is 14.2. The van der Waals surface area contributed by atoms with Crippen molar-refractivity contribution in [3.05, 3.63) is 5.32 Å². The molecule has 2 heteroatoms. The van der Waals surface area contributed by atoms with Crippen LogP contribution in [0.3, 0.4) is 0 Å². The fourth-order valence-corrected chi connectivity index (χ4v) is 1.42. The van der Waals surface area contributed by atoms with Crippen molar-refractivity contribution in [3.63, 3.8) is 0 Å². The molecule has 0 heterocycles. The van der Waals surface area contributed by atoms with Crippen molar-refractivity contribution in [2.75, 3.05) is 6.54 Å². The first-order chi connectivity index (χ1) is 4.74. The smallest absolute Gasteiger partial charge is 0 e. The minimum absolute atomic E-state index is 0. The van der Waals surface area contributed by atoms with Gasteiger partial charge in [-0.05, 0) is 0 Å². The molecule has 66 valence electrons. The zero-order chi connectivity index (χ0) is 8.04. The molecule has 0 saturated carbocycles. The van der Waals surface area contributed by atoms with E-state index in [0.29, 0.717) is 5.54 Å². The summed E-state index contributed by atoms with van der Waals surface area (Å²) in [7, 11) is 0. The molecule has 0 aliphatic rings. The van der Waals surface area contributed by atoms with Gasteiger partial charge in [0.1, 0.15) is 0 Å². The van der Waals surface area contributed by atoms with Gasteiger partial charge < -0.3 is 5.32 Å². The molecule has 0 amide bonds. The van der Waals surface area contributed by atoms with Crippen molar-refractivity contribution in [3.8, 4) is 0 Å². The third-order valence-electron chi connectivity index (χ3n) is 2.47. The molecule has 0 spiro atoms. The van der Waals surface area contributed by atoms with E-state index in [0.717, 1.165) is 6.54 Å². The zero-order valence-electron chi connectivity index (χ0n) is 8.28. The Bertz CT molecular complexity index is 71.4. The standard InChI is InChI=1S/C9H20N.Ti/c1-5-9(6-2,7-3)10-8-4;/h5-8H2,1-4H3;/q-1;. The summed E-state index contributed by atoms with van der Waals surface area (Å²) < 4.78 is 0. The van der Waals surface area contributed by atoms with Crippen LogP contribution in [0.15, 0.2) is 0 Å². The van der Waals surface area contributed by atoms with Crippen LogP contribution in [-0.4, -0.2) is 12.1 Å². The van der Waals surface area contributed by atoms with Gasteiger partial charge in [0.05, 0.1) is 0 Å². The average molecular weight is 190 g/mol. The molecular formula is C9H20NTi-. The monoisotopic (exact) mass is 190 g/mol. The maximum absolute atomic E-state index is 4.61. The predicted molar refractivity (Wildman–Crippen MR) is 47.5 cm³/mol. The molecule has 0 rings (SSSR count). The molecule has 0 bridgehead atoms. The van der Waals surface area contributed by atoms with Crippen molar-refractivity contribution in [1.29, 1.82) is 0 Å². The maximum atomic E-state index is 4.61. The molecule has 0 N–H and O–H groups in total. The van der Waals surface area contributed by atoms with Crippen LogP contribution in [0.25, 0.3) is 5.32 Å². The number of rotatable bonds is 5. The van der Waals surface area contributed by atoms with Gasteiger partial charge in [-0.2, -0.15) is 6.54 Å². The summed E-state index contributed by atoms with van der Waals surface area (Å²) in [6.07, 6.45) is 3.57. The van der Waals surface area contributed by atoms with Gasteiger partial charge in [0, 0.05) is 21.7 Å². The van der Waals surface area contributed by atoms with Gasteiger partial charge >= 0.3 is 0 Å². The van der Waals surface area contributed by atoms with E-state index in [9.17, 15) is 0 Å². The van der Waals surface area contributed by atoms with Crippen LogP contribution in [0.5, 0.6) is 0 Å². The largest absolute Gasteiger partial charge is 0.657 e. The van der Waals surface area contributed by atoms with Crippen molar-refractivity contribution >= 4 is 0 Å². The van der Waals surface area contributed by atoms with Crippen LogP contribution in [-0.2, 0) is 21.7 Å². The van der Waals surface area contributed by atoms with Gasteiger partial charge in [-0.25, -0.2) is 0 Å². The molecule has 0 unspecified atom stereocenters. The Labute approximate surface area is 86.2 Å². The second-order valence-corrected chi connectivity index (χ2v) is 2.76. The van der Waals surface area contributed by atoms with Crippen molar-refractivity contribution in [1.82, 2.24) is 0 Å². The summed E-state index contributed by atoms with van der Waals surface area (Å²) in [5.74, 6) is 0. The number of hydrogen-bond acceptors (Lipinski definition) is 0. The summed E-state index contributed by atoms with van der Waals surface area (Å²) in [5, 5.41) is 4.61. The van der Waals surface area contributed by atoms with Crippen LogP contribution in [0.4, 0.5) is 0 Å². The molecule has 1 nitrogen and oxygen atoms in total. The number of hydrogen-bond donors (Lipinski definition) is 0. The third kappa shape index (κ3) is 4.30. The van der Waals surface area contributed by atoms with E-state index >= 15 is 0 Å².